The molecule has 0 radical (unpaired) electrons. The normalized spacial score (nSPS) is 10.4. The van der Waals surface area contributed by atoms with E-state index >= 15 is 0 Å². The molecule has 88 valence electrons. The van der Waals surface area contributed by atoms with E-state index in [9.17, 15) is 9.59 Å². The number of aromatic amines is 1. The Morgan fingerprint density at radius 2 is 2.35 bits per heavy atom. The monoisotopic (exact) mass is 269 g/mol. The van der Waals surface area contributed by atoms with E-state index in [1.54, 1.807) is 6.92 Å². The molecule has 0 aliphatic heterocycles. The van der Waals surface area contributed by atoms with Gasteiger partial charge in [-0.15, -0.1) is 0 Å². The summed E-state index contributed by atoms with van der Waals surface area (Å²) in [6.45, 7) is 1.63. The van der Waals surface area contributed by atoms with Gasteiger partial charge in [0, 0.05) is 6.07 Å². The number of thiazole rings is 1. The van der Waals surface area contributed by atoms with Gasteiger partial charge in [0.15, 0.2) is 4.34 Å². The predicted octanol–water partition coefficient (Wildman–Crippen LogP) is 1.38. The number of rotatable bonds is 3. The lowest BCUT2D eigenvalue weighted by Crippen LogP contribution is -2.03. The average molecular weight is 269 g/mol. The molecule has 0 aromatic carbocycles. The predicted molar refractivity (Wildman–Crippen MR) is 62.8 cm³/mol. The van der Waals surface area contributed by atoms with Crippen LogP contribution in [0.5, 0.6) is 0 Å². The van der Waals surface area contributed by atoms with Crippen LogP contribution in [0, 0.1) is 6.92 Å². The molecule has 0 fully saturated rings. The van der Waals surface area contributed by atoms with Crippen molar-refractivity contribution in [3.8, 4) is 0 Å². The van der Waals surface area contributed by atoms with Gasteiger partial charge in [0.25, 0.3) is 5.56 Å². The summed E-state index contributed by atoms with van der Waals surface area (Å²) in [5.41, 5.74) is 0.212. The molecule has 2 aromatic heterocycles. The fraction of sp³-hybridized carbons (Fsp3) is 0.111. The van der Waals surface area contributed by atoms with E-state index in [1.807, 2.05) is 0 Å². The highest BCUT2D eigenvalue weighted by Gasteiger charge is 2.14. The summed E-state index contributed by atoms with van der Waals surface area (Å²) in [6.07, 6.45) is 1.29. The van der Waals surface area contributed by atoms with Gasteiger partial charge in [-0.3, -0.25) is 4.79 Å². The summed E-state index contributed by atoms with van der Waals surface area (Å²) in [5.74, 6) is -0.995. The molecular weight excluding hydrogens is 262 g/mol. The Balaban J connectivity index is 2.28. The lowest BCUT2D eigenvalue weighted by molar-refractivity contribution is 0.0701. The third-order valence-corrected chi connectivity index (χ3v) is 3.95. The quantitative estimate of drug-likeness (QED) is 0.817. The van der Waals surface area contributed by atoms with Crippen LogP contribution in [0.1, 0.15) is 15.4 Å². The van der Waals surface area contributed by atoms with Crippen LogP contribution in [0.15, 0.2) is 26.6 Å². The Morgan fingerprint density at radius 3 is 2.94 bits per heavy atom. The number of H-pyrrole nitrogens is 1. The van der Waals surface area contributed by atoms with Crippen molar-refractivity contribution in [2.24, 2.45) is 0 Å². The molecule has 0 bridgehead atoms. The van der Waals surface area contributed by atoms with E-state index in [1.165, 1.54) is 24.2 Å². The van der Waals surface area contributed by atoms with Crippen molar-refractivity contribution in [2.75, 3.05) is 0 Å². The van der Waals surface area contributed by atoms with E-state index < -0.39 is 5.97 Å². The highest BCUT2D eigenvalue weighted by Crippen LogP contribution is 2.30. The summed E-state index contributed by atoms with van der Waals surface area (Å²) in [6, 6.07) is 1.34. The van der Waals surface area contributed by atoms with Crippen molar-refractivity contribution >= 4 is 29.1 Å². The van der Waals surface area contributed by atoms with Crippen LogP contribution >= 0.6 is 23.1 Å². The standard InChI is InChI=1S/C9H7N3O3S2/c1-4-7(8(14)15)17-9(12-4)16-6-2-5(13)10-3-11-6/h2-3H,1H3,(H,14,15)(H,10,11,13). The summed E-state index contributed by atoms with van der Waals surface area (Å²) in [5, 5.41) is 9.37. The molecule has 0 spiro atoms. The second-order valence-electron chi connectivity index (χ2n) is 3.05. The van der Waals surface area contributed by atoms with Gasteiger partial charge in [0.05, 0.1) is 12.0 Å². The lowest BCUT2D eigenvalue weighted by atomic mass is 10.4. The van der Waals surface area contributed by atoms with Crippen molar-refractivity contribution in [3.63, 3.8) is 0 Å². The summed E-state index contributed by atoms with van der Waals surface area (Å²) < 4.78 is 0.554. The van der Waals surface area contributed by atoms with Crippen LogP contribution < -0.4 is 5.56 Å². The van der Waals surface area contributed by atoms with E-state index in [0.717, 1.165) is 11.3 Å². The third-order valence-electron chi connectivity index (χ3n) is 1.82. The molecule has 0 aliphatic rings. The topological polar surface area (TPSA) is 95.9 Å². The molecule has 0 saturated carbocycles. The van der Waals surface area contributed by atoms with Gasteiger partial charge < -0.3 is 10.1 Å². The first-order valence-corrected chi connectivity index (χ1v) is 6.13. The summed E-state index contributed by atoms with van der Waals surface area (Å²) >= 11 is 2.24. The second-order valence-corrected chi connectivity index (χ2v) is 5.32. The Morgan fingerprint density at radius 1 is 1.59 bits per heavy atom. The van der Waals surface area contributed by atoms with Crippen LogP contribution in [0.4, 0.5) is 0 Å². The van der Waals surface area contributed by atoms with Crippen molar-refractivity contribution in [2.45, 2.75) is 16.3 Å². The van der Waals surface area contributed by atoms with Gasteiger partial charge >= 0.3 is 5.97 Å². The third kappa shape index (κ3) is 2.71. The molecule has 0 saturated heterocycles. The van der Waals surface area contributed by atoms with Gasteiger partial charge in [-0.05, 0) is 18.7 Å². The Labute approximate surface area is 104 Å². The van der Waals surface area contributed by atoms with Gasteiger partial charge in [-0.25, -0.2) is 14.8 Å². The number of nitrogens with zero attached hydrogens (tertiary/aromatic N) is 2. The number of nitrogens with one attached hydrogen (secondary N) is 1. The second kappa shape index (κ2) is 4.68. The molecule has 0 atom stereocenters. The molecule has 0 amide bonds. The fourth-order valence-corrected chi connectivity index (χ4v) is 3.05. The SMILES string of the molecule is Cc1nc(Sc2cc(=O)[nH]cn2)sc1C(=O)O. The first-order valence-electron chi connectivity index (χ1n) is 4.49. The molecule has 8 heteroatoms. The molecular formula is C9H7N3O3S2. The maximum Gasteiger partial charge on any atom is 0.347 e. The zero-order valence-electron chi connectivity index (χ0n) is 8.63. The molecule has 6 nitrogen and oxygen atoms in total. The number of carbonyl (C=O) groups is 1. The number of aryl methyl sites for hydroxylation is 1. The van der Waals surface area contributed by atoms with Gasteiger partial charge in [0.1, 0.15) is 9.90 Å². The Kier molecular flexibility index (Phi) is 3.25. The average Bonchev–Trinajstić information content (AvgIpc) is 2.59. The number of carboxylic acids is 1. The lowest BCUT2D eigenvalue weighted by Gasteiger charge is -1.93. The van der Waals surface area contributed by atoms with E-state index in [2.05, 4.69) is 15.0 Å². The highest BCUT2D eigenvalue weighted by molar-refractivity contribution is 8.01. The van der Waals surface area contributed by atoms with Crippen LogP contribution in [0.2, 0.25) is 0 Å². The minimum atomic E-state index is -0.995. The minimum absolute atomic E-state index is 0.206. The molecule has 2 aromatic rings. The molecule has 17 heavy (non-hydrogen) atoms. The van der Waals surface area contributed by atoms with E-state index in [-0.39, 0.29) is 10.4 Å². The van der Waals surface area contributed by atoms with E-state index in [0.29, 0.717) is 15.1 Å². The summed E-state index contributed by atoms with van der Waals surface area (Å²) in [7, 11) is 0. The number of aromatic nitrogens is 3. The maximum atomic E-state index is 11.0. The maximum absolute atomic E-state index is 11.0. The molecule has 2 heterocycles. The Hall–Kier alpha value is -1.67. The first kappa shape index (κ1) is 11.8. The zero-order valence-corrected chi connectivity index (χ0v) is 10.3. The Bertz CT molecular complexity index is 620. The number of carboxylic acid groups (broad SMARTS) is 1. The molecule has 2 N–H and O–H groups in total. The smallest absolute Gasteiger partial charge is 0.347 e. The first-order chi connectivity index (χ1) is 8.06. The van der Waals surface area contributed by atoms with Crippen LogP contribution in [-0.2, 0) is 0 Å². The number of hydrogen-bond donors (Lipinski definition) is 2. The molecule has 0 aliphatic carbocycles. The highest BCUT2D eigenvalue weighted by atomic mass is 32.2. The van der Waals surface area contributed by atoms with E-state index in [4.69, 9.17) is 5.11 Å². The minimum Gasteiger partial charge on any atom is -0.477 e. The number of aromatic carboxylic acids is 1. The van der Waals surface area contributed by atoms with Gasteiger partial charge in [-0.1, -0.05) is 11.3 Å². The van der Waals surface area contributed by atoms with Crippen molar-refractivity contribution < 1.29 is 9.90 Å². The molecule has 2 rings (SSSR count). The largest absolute Gasteiger partial charge is 0.477 e. The van der Waals surface area contributed by atoms with Gasteiger partial charge in [-0.2, -0.15) is 0 Å². The van der Waals surface area contributed by atoms with Crippen LogP contribution in [0.25, 0.3) is 0 Å². The van der Waals surface area contributed by atoms with Crippen molar-refractivity contribution in [1.29, 1.82) is 0 Å². The van der Waals surface area contributed by atoms with Gasteiger partial charge in [0.2, 0.25) is 0 Å². The number of hydrogen-bond acceptors (Lipinski definition) is 6. The van der Waals surface area contributed by atoms with Crippen LogP contribution in [0.3, 0.4) is 0 Å². The molecule has 0 unspecified atom stereocenters. The van der Waals surface area contributed by atoms with Crippen molar-refractivity contribution in [3.05, 3.63) is 33.3 Å². The zero-order chi connectivity index (χ0) is 12.4. The van der Waals surface area contributed by atoms with Crippen LogP contribution in [-0.4, -0.2) is 26.0 Å². The van der Waals surface area contributed by atoms with Crippen molar-refractivity contribution in [1.82, 2.24) is 15.0 Å². The fourth-order valence-electron chi connectivity index (χ4n) is 1.11. The summed E-state index contributed by atoms with van der Waals surface area (Å²) in [4.78, 5) is 32.5.